The predicted octanol–water partition coefficient (Wildman–Crippen LogP) is 3.23. The summed E-state index contributed by atoms with van der Waals surface area (Å²) in [5, 5.41) is 9.06. The molecule has 3 nitrogen and oxygen atoms in total. The fraction of sp³-hybridized carbons (Fsp3) is 0.333. The van der Waals surface area contributed by atoms with E-state index in [1.54, 1.807) is 4.90 Å². The number of carbonyl (C=O) groups excluding carboxylic acids is 1. The van der Waals surface area contributed by atoms with Crippen LogP contribution in [0.4, 0.5) is 13.2 Å². The highest BCUT2D eigenvalue weighted by Gasteiger charge is 2.30. The van der Waals surface area contributed by atoms with E-state index in [1.807, 2.05) is 6.07 Å². The van der Waals surface area contributed by atoms with Crippen LogP contribution in [-0.2, 0) is 11.0 Å². The summed E-state index contributed by atoms with van der Waals surface area (Å²) in [4.78, 5) is 13.6. The second-order valence-corrected chi connectivity index (χ2v) is 4.79. The average Bonchev–Trinajstić information content (AvgIpc) is 2.97. The molecule has 6 heteroatoms. The summed E-state index contributed by atoms with van der Waals surface area (Å²) in [6.45, 7) is 1.23. The van der Waals surface area contributed by atoms with Crippen LogP contribution in [0.25, 0.3) is 6.08 Å². The third-order valence-corrected chi connectivity index (χ3v) is 3.29. The van der Waals surface area contributed by atoms with E-state index in [9.17, 15) is 18.0 Å². The second kappa shape index (κ2) is 6.00. The molecule has 0 unspecified atom stereocenters. The maximum atomic E-state index is 12.5. The number of carbonyl (C=O) groups is 1. The number of amides is 1. The summed E-state index contributed by atoms with van der Waals surface area (Å²) < 4.78 is 37.4. The van der Waals surface area contributed by atoms with E-state index >= 15 is 0 Å². The largest absolute Gasteiger partial charge is 0.416 e. The van der Waals surface area contributed by atoms with Gasteiger partial charge >= 0.3 is 6.18 Å². The zero-order valence-corrected chi connectivity index (χ0v) is 11.2. The van der Waals surface area contributed by atoms with E-state index < -0.39 is 11.7 Å². The Bertz CT molecular complexity index is 591. The number of rotatable bonds is 2. The first kappa shape index (κ1) is 15.1. The van der Waals surface area contributed by atoms with Gasteiger partial charge in [0.2, 0.25) is 0 Å². The number of hydrogen-bond donors (Lipinski definition) is 0. The Hall–Kier alpha value is -2.29. The third-order valence-electron chi connectivity index (χ3n) is 3.29. The van der Waals surface area contributed by atoms with E-state index in [4.69, 9.17) is 5.26 Å². The molecule has 2 rings (SSSR count). The van der Waals surface area contributed by atoms with Gasteiger partial charge in [0.05, 0.1) is 5.56 Å². The van der Waals surface area contributed by atoms with Crippen molar-refractivity contribution in [1.29, 1.82) is 5.26 Å². The lowest BCUT2D eigenvalue weighted by Crippen LogP contribution is -2.28. The molecule has 1 fully saturated rings. The predicted molar refractivity (Wildman–Crippen MR) is 70.8 cm³/mol. The van der Waals surface area contributed by atoms with Gasteiger partial charge in [0.25, 0.3) is 5.91 Å². The minimum absolute atomic E-state index is 0.0586. The van der Waals surface area contributed by atoms with Gasteiger partial charge < -0.3 is 4.90 Å². The van der Waals surface area contributed by atoms with Gasteiger partial charge in [-0.25, -0.2) is 0 Å². The van der Waals surface area contributed by atoms with Crippen molar-refractivity contribution in [3.8, 4) is 6.07 Å². The van der Waals surface area contributed by atoms with Gasteiger partial charge in [0.1, 0.15) is 11.6 Å². The molecule has 1 aliphatic heterocycles. The monoisotopic (exact) mass is 294 g/mol. The number of nitriles is 1. The molecule has 0 atom stereocenters. The van der Waals surface area contributed by atoms with E-state index in [0.29, 0.717) is 18.7 Å². The standard InChI is InChI=1S/C15H13F3N2O/c16-15(17,18)13-5-3-11(4-6-13)9-12(10-19)14(21)20-7-1-2-8-20/h3-6,9H,1-2,7-8H2/b12-9+. The molecule has 1 amide bonds. The van der Waals surface area contributed by atoms with Crippen LogP contribution in [0.1, 0.15) is 24.0 Å². The lowest BCUT2D eigenvalue weighted by atomic mass is 10.1. The second-order valence-electron chi connectivity index (χ2n) is 4.79. The fourth-order valence-electron chi connectivity index (χ4n) is 2.17. The molecule has 110 valence electrons. The summed E-state index contributed by atoms with van der Waals surface area (Å²) in [5.41, 5.74) is -0.423. The van der Waals surface area contributed by atoms with Gasteiger partial charge in [-0.2, -0.15) is 18.4 Å². The number of likely N-dealkylation sites (tertiary alicyclic amines) is 1. The minimum Gasteiger partial charge on any atom is -0.338 e. The number of benzene rings is 1. The quantitative estimate of drug-likeness (QED) is 0.621. The highest BCUT2D eigenvalue weighted by molar-refractivity contribution is 6.01. The third kappa shape index (κ3) is 3.63. The first-order valence-corrected chi connectivity index (χ1v) is 6.50. The van der Waals surface area contributed by atoms with Crippen molar-refractivity contribution in [2.45, 2.75) is 19.0 Å². The van der Waals surface area contributed by atoms with Crippen LogP contribution in [0.3, 0.4) is 0 Å². The SMILES string of the molecule is N#C/C(=C\c1ccc(C(F)(F)F)cc1)C(=O)N1CCCC1. The molecule has 0 N–H and O–H groups in total. The lowest BCUT2D eigenvalue weighted by molar-refractivity contribution is -0.137. The Balaban J connectivity index is 2.20. The van der Waals surface area contributed by atoms with Gasteiger partial charge in [0.15, 0.2) is 0 Å². The van der Waals surface area contributed by atoms with Crippen molar-refractivity contribution in [2.24, 2.45) is 0 Å². The van der Waals surface area contributed by atoms with Gasteiger partial charge in [-0.1, -0.05) is 12.1 Å². The first-order valence-electron chi connectivity index (χ1n) is 6.50. The maximum absolute atomic E-state index is 12.5. The van der Waals surface area contributed by atoms with Crippen LogP contribution < -0.4 is 0 Å². The fourth-order valence-corrected chi connectivity index (χ4v) is 2.17. The topological polar surface area (TPSA) is 44.1 Å². The smallest absolute Gasteiger partial charge is 0.338 e. The first-order chi connectivity index (χ1) is 9.91. The molecule has 1 aromatic carbocycles. The molecule has 0 radical (unpaired) electrons. The summed E-state index contributed by atoms with van der Waals surface area (Å²) in [7, 11) is 0. The van der Waals surface area contributed by atoms with Crippen LogP contribution in [0.5, 0.6) is 0 Å². The summed E-state index contributed by atoms with van der Waals surface area (Å²) >= 11 is 0. The van der Waals surface area contributed by atoms with Gasteiger partial charge in [-0.15, -0.1) is 0 Å². The van der Waals surface area contributed by atoms with E-state index in [1.165, 1.54) is 18.2 Å². The highest BCUT2D eigenvalue weighted by Crippen LogP contribution is 2.29. The molecular weight excluding hydrogens is 281 g/mol. The Kier molecular flexibility index (Phi) is 4.32. The molecular formula is C15H13F3N2O. The normalized spacial score (nSPS) is 15.9. The van der Waals surface area contributed by atoms with E-state index in [0.717, 1.165) is 25.0 Å². The molecule has 0 saturated carbocycles. The van der Waals surface area contributed by atoms with Gasteiger partial charge in [-0.05, 0) is 36.6 Å². The molecule has 1 aromatic rings. The summed E-state index contributed by atoms with van der Waals surface area (Å²) in [6.07, 6.45) is -1.26. The lowest BCUT2D eigenvalue weighted by Gasteiger charge is -2.14. The summed E-state index contributed by atoms with van der Waals surface area (Å²) in [5.74, 6) is -0.366. The van der Waals surface area contributed by atoms with Gasteiger partial charge in [0, 0.05) is 13.1 Å². The molecule has 0 aromatic heterocycles. The number of alkyl halides is 3. The minimum atomic E-state index is -4.40. The van der Waals surface area contributed by atoms with Crippen molar-refractivity contribution in [3.05, 3.63) is 41.0 Å². The van der Waals surface area contributed by atoms with Gasteiger partial charge in [-0.3, -0.25) is 4.79 Å². The molecule has 1 saturated heterocycles. The van der Waals surface area contributed by atoms with Crippen molar-refractivity contribution in [3.63, 3.8) is 0 Å². The average molecular weight is 294 g/mol. The Morgan fingerprint density at radius 3 is 2.24 bits per heavy atom. The van der Waals surface area contributed by atoms with Crippen molar-refractivity contribution in [2.75, 3.05) is 13.1 Å². The molecule has 0 spiro atoms. The van der Waals surface area contributed by atoms with Crippen LogP contribution in [0.2, 0.25) is 0 Å². The molecule has 0 aliphatic carbocycles. The highest BCUT2D eigenvalue weighted by atomic mass is 19.4. The Morgan fingerprint density at radius 2 is 1.76 bits per heavy atom. The maximum Gasteiger partial charge on any atom is 0.416 e. The number of halogens is 3. The molecule has 21 heavy (non-hydrogen) atoms. The van der Waals surface area contributed by atoms with Crippen molar-refractivity contribution in [1.82, 2.24) is 4.90 Å². The van der Waals surface area contributed by atoms with Crippen molar-refractivity contribution < 1.29 is 18.0 Å². The van der Waals surface area contributed by atoms with Crippen LogP contribution in [0, 0.1) is 11.3 Å². The molecule has 0 bridgehead atoms. The zero-order valence-electron chi connectivity index (χ0n) is 11.2. The van der Waals surface area contributed by atoms with Crippen molar-refractivity contribution >= 4 is 12.0 Å². The summed E-state index contributed by atoms with van der Waals surface area (Å²) in [6, 6.07) is 6.18. The molecule has 1 aliphatic rings. The molecule has 1 heterocycles. The number of hydrogen-bond acceptors (Lipinski definition) is 2. The number of nitrogens with zero attached hydrogens (tertiary/aromatic N) is 2. The van der Waals surface area contributed by atoms with Crippen LogP contribution in [-0.4, -0.2) is 23.9 Å². The van der Waals surface area contributed by atoms with Crippen LogP contribution in [0.15, 0.2) is 29.8 Å². The van der Waals surface area contributed by atoms with Crippen LogP contribution >= 0.6 is 0 Å². The van der Waals surface area contributed by atoms with E-state index in [2.05, 4.69) is 0 Å². The zero-order chi connectivity index (χ0) is 15.5. The Morgan fingerprint density at radius 1 is 1.19 bits per heavy atom. The van der Waals surface area contributed by atoms with E-state index in [-0.39, 0.29) is 11.5 Å². The Labute approximate surface area is 120 Å².